The standard InChI is InChI=1S/C10H9ClN4O5S/c1-20-8-4-6-5(3-7(8)15(16)17)12-9(11)10(13-6)14-21(2,18)19/h3-4H,1-2H3,(H,13,14). The van der Waals surface area contributed by atoms with Crippen LogP contribution in [0.4, 0.5) is 11.5 Å². The number of aromatic nitrogens is 2. The molecule has 0 unspecified atom stereocenters. The van der Waals surface area contributed by atoms with E-state index < -0.39 is 14.9 Å². The van der Waals surface area contributed by atoms with Gasteiger partial charge in [0, 0.05) is 12.1 Å². The van der Waals surface area contributed by atoms with Crippen LogP contribution in [0.3, 0.4) is 0 Å². The normalized spacial score (nSPS) is 11.4. The van der Waals surface area contributed by atoms with Crippen molar-refractivity contribution >= 4 is 44.2 Å². The highest BCUT2D eigenvalue weighted by Gasteiger charge is 2.19. The summed E-state index contributed by atoms with van der Waals surface area (Å²) in [6, 6.07) is 2.43. The summed E-state index contributed by atoms with van der Waals surface area (Å²) in [7, 11) is -2.31. The van der Waals surface area contributed by atoms with Gasteiger partial charge in [-0.05, 0) is 0 Å². The van der Waals surface area contributed by atoms with Crippen molar-refractivity contribution < 1.29 is 18.1 Å². The van der Waals surface area contributed by atoms with Gasteiger partial charge in [0.2, 0.25) is 10.0 Å². The second kappa shape index (κ2) is 5.30. The third-order valence-electron chi connectivity index (χ3n) is 2.40. The van der Waals surface area contributed by atoms with Crippen molar-refractivity contribution in [2.24, 2.45) is 0 Å². The number of nitrogens with one attached hydrogen (secondary N) is 1. The summed E-state index contributed by atoms with van der Waals surface area (Å²) in [4.78, 5) is 18.2. The minimum Gasteiger partial charge on any atom is -0.490 e. The summed E-state index contributed by atoms with van der Waals surface area (Å²) >= 11 is 5.81. The molecule has 9 nitrogen and oxygen atoms in total. The molecule has 1 aromatic heterocycles. The number of halogens is 1. The maximum atomic E-state index is 11.2. The summed E-state index contributed by atoms with van der Waals surface area (Å²) in [5, 5.41) is 10.7. The van der Waals surface area contributed by atoms with Crippen molar-refractivity contribution in [3.63, 3.8) is 0 Å². The van der Waals surface area contributed by atoms with E-state index in [-0.39, 0.29) is 33.4 Å². The molecule has 1 heterocycles. The van der Waals surface area contributed by atoms with Crippen LogP contribution in [0, 0.1) is 10.1 Å². The number of nitro benzene ring substituents is 1. The first kappa shape index (κ1) is 15.2. The molecular weight excluding hydrogens is 324 g/mol. The van der Waals surface area contributed by atoms with Crippen molar-refractivity contribution in [3.05, 3.63) is 27.4 Å². The van der Waals surface area contributed by atoms with E-state index in [1.807, 2.05) is 0 Å². The van der Waals surface area contributed by atoms with E-state index in [9.17, 15) is 18.5 Å². The number of anilines is 1. The maximum absolute atomic E-state index is 11.2. The van der Waals surface area contributed by atoms with Gasteiger partial charge in [0.25, 0.3) is 0 Å². The van der Waals surface area contributed by atoms with E-state index in [2.05, 4.69) is 14.7 Å². The number of hydrogen-bond acceptors (Lipinski definition) is 7. The second-order valence-electron chi connectivity index (χ2n) is 4.01. The van der Waals surface area contributed by atoms with Crippen molar-refractivity contribution in [2.45, 2.75) is 0 Å². The lowest BCUT2D eigenvalue weighted by Crippen LogP contribution is -2.12. The molecule has 0 aliphatic carbocycles. The molecule has 0 spiro atoms. The first-order valence-electron chi connectivity index (χ1n) is 5.38. The molecule has 0 amide bonds. The lowest BCUT2D eigenvalue weighted by atomic mass is 10.2. The molecule has 1 N–H and O–H groups in total. The molecule has 2 aromatic rings. The van der Waals surface area contributed by atoms with Gasteiger partial charge >= 0.3 is 5.69 Å². The average molecular weight is 333 g/mol. The lowest BCUT2D eigenvalue weighted by molar-refractivity contribution is -0.385. The SMILES string of the molecule is COc1cc2nc(NS(C)(=O)=O)c(Cl)nc2cc1[N+](=O)[O-]. The van der Waals surface area contributed by atoms with E-state index in [0.717, 1.165) is 12.3 Å². The molecular formula is C10H9ClN4O5S. The van der Waals surface area contributed by atoms with Gasteiger partial charge in [-0.25, -0.2) is 18.4 Å². The van der Waals surface area contributed by atoms with Crippen LogP contribution in [0.1, 0.15) is 0 Å². The molecule has 21 heavy (non-hydrogen) atoms. The van der Waals surface area contributed by atoms with Crippen LogP contribution in [0.15, 0.2) is 12.1 Å². The molecule has 2 rings (SSSR count). The minimum absolute atomic E-state index is 0.0190. The zero-order valence-corrected chi connectivity index (χ0v) is 12.4. The summed E-state index contributed by atoms with van der Waals surface area (Å²) < 4.78 is 29.4. The number of fused-ring (bicyclic) bond motifs is 1. The Labute approximate surface area is 124 Å². The van der Waals surface area contributed by atoms with Crippen molar-refractivity contribution in [3.8, 4) is 5.75 Å². The molecule has 0 radical (unpaired) electrons. The minimum atomic E-state index is -3.58. The quantitative estimate of drug-likeness (QED) is 0.665. The van der Waals surface area contributed by atoms with Gasteiger partial charge in [0.05, 0.1) is 29.3 Å². The summed E-state index contributed by atoms with van der Waals surface area (Å²) in [5.74, 6) is -0.183. The monoisotopic (exact) mass is 332 g/mol. The summed E-state index contributed by atoms with van der Waals surface area (Å²) in [5.41, 5.74) is 0.0544. The smallest absolute Gasteiger partial charge is 0.313 e. The van der Waals surface area contributed by atoms with Gasteiger partial charge in [-0.3, -0.25) is 14.8 Å². The number of rotatable bonds is 4. The summed E-state index contributed by atoms with van der Waals surface area (Å²) in [6.45, 7) is 0. The molecule has 0 saturated heterocycles. The molecule has 0 fully saturated rings. The van der Waals surface area contributed by atoms with Crippen LogP contribution < -0.4 is 9.46 Å². The highest BCUT2D eigenvalue weighted by atomic mass is 35.5. The largest absolute Gasteiger partial charge is 0.490 e. The highest BCUT2D eigenvalue weighted by Crippen LogP contribution is 2.32. The lowest BCUT2D eigenvalue weighted by Gasteiger charge is -2.07. The van der Waals surface area contributed by atoms with Gasteiger partial charge < -0.3 is 4.74 Å². The first-order chi connectivity index (χ1) is 9.71. The molecule has 0 bridgehead atoms. The Morgan fingerprint density at radius 2 is 1.95 bits per heavy atom. The van der Waals surface area contributed by atoms with Gasteiger partial charge in [-0.2, -0.15) is 0 Å². The van der Waals surface area contributed by atoms with Crippen molar-refractivity contribution in [1.29, 1.82) is 0 Å². The van der Waals surface area contributed by atoms with E-state index in [4.69, 9.17) is 16.3 Å². The number of ether oxygens (including phenoxy) is 1. The molecule has 0 aliphatic heterocycles. The Morgan fingerprint density at radius 1 is 1.33 bits per heavy atom. The number of sulfonamides is 1. The van der Waals surface area contributed by atoms with Crippen molar-refractivity contribution in [1.82, 2.24) is 9.97 Å². The zero-order valence-electron chi connectivity index (χ0n) is 10.8. The number of methoxy groups -OCH3 is 1. The van der Waals surface area contributed by atoms with Crippen LogP contribution in [-0.2, 0) is 10.0 Å². The molecule has 1 aromatic carbocycles. The number of nitro groups is 1. The fourth-order valence-electron chi connectivity index (χ4n) is 1.60. The Bertz CT molecular complexity index is 839. The molecule has 11 heteroatoms. The van der Waals surface area contributed by atoms with E-state index in [1.165, 1.54) is 13.2 Å². The van der Waals surface area contributed by atoms with Crippen molar-refractivity contribution in [2.75, 3.05) is 18.1 Å². The number of hydrogen-bond donors (Lipinski definition) is 1. The maximum Gasteiger partial charge on any atom is 0.313 e. The predicted octanol–water partition coefficient (Wildman–Crippen LogP) is 1.57. The van der Waals surface area contributed by atoms with Crippen LogP contribution in [0.5, 0.6) is 5.75 Å². The van der Waals surface area contributed by atoms with E-state index in [0.29, 0.717) is 0 Å². The second-order valence-corrected chi connectivity index (χ2v) is 6.11. The van der Waals surface area contributed by atoms with Gasteiger partial charge in [-0.15, -0.1) is 0 Å². The van der Waals surface area contributed by atoms with E-state index in [1.54, 1.807) is 0 Å². The number of benzene rings is 1. The molecule has 112 valence electrons. The molecule has 0 saturated carbocycles. The third kappa shape index (κ3) is 3.28. The highest BCUT2D eigenvalue weighted by molar-refractivity contribution is 7.92. The fraction of sp³-hybridized carbons (Fsp3) is 0.200. The fourth-order valence-corrected chi connectivity index (χ4v) is 2.33. The molecule has 0 aliphatic rings. The Kier molecular flexibility index (Phi) is 3.83. The zero-order chi connectivity index (χ0) is 15.8. The predicted molar refractivity (Wildman–Crippen MR) is 76.2 cm³/mol. The van der Waals surface area contributed by atoms with Crippen LogP contribution in [-0.4, -0.2) is 36.7 Å². The van der Waals surface area contributed by atoms with Crippen LogP contribution in [0.25, 0.3) is 11.0 Å². The molecule has 0 atom stereocenters. The first-order valence-corrected chi connectivity index (χ1v) is 7.65. The Morgan fingerprint density at radius 3 is 2.48 bits per heavy atom. The van der Waals surface area contributed by atoms with Gasteiger partial charge in [-0.1, -0.05) is 11.6 Å². The van der Waals surface area contributed by atoms with Crippen LogP contribution >= 0.6 is 11.6 Å². The Hall–Kier alpha value is -2.20. The summed E-state index contributed by atoms with van der Waals surface area (Å²) in [6.07, 6.45) is 0.936. The van der Waals surface area contributed by atoms with E-state index >= 15 is 0 Å². The van der Waals surface area contributed by atoms with Crippen LogP contribution in [0.2, 0.25) is 5.15 Å². The van der Waals surface area contributed by atoms with Gasteiger partial charge in [0.15, 0.2) is 16.7 Å². The number of nitrogens with zero attached hydrogens (tertiary/aromatic N) is 3. The Balaban J connectivity index is 2.68. The average Bonchev–Trinajstić information content (AvgIpc) is 2.36. The third-order valence-corrected chi connectivity index (χ3v) is 3.23. The topological polar surface area (TPSA) is 124 Å². The van der Waals surface area contributed by atoms with Gasteiger partial charge in [0.1, 0.15) is 0 Å².